The third-order valence-corrected chi connectivity index (χ3v) is 8.07. The molecule has 44 heavy (non-hydrogen) atoms. The highest BCUT2D eigenvalue weighted by Gasteiger charge is 2.55. The lowest BCUT2D eigenvalue weighted by Crippen LogP contribution is -2.45. The number of halogens is 6. The first-order chi connectivity index (χ1) is 20.9. The molecule has 2 aliphatic heterocycles. The van der Waals surface area contributed by atoms with Crippen LogP contribution in [0.2, 0.25) is 0 Å². The molecule has 2 aliphatic rings. The number of carbonyl (C=O) groups is 1. The number of hydrogen-bond donors (Lipinski definition) is 2. The summed E-state index contributed by atoms with van der Waals surface area (Å²) in [5, 5.41) is 17.8. The zero-order valence-electron chi connectivity index (χ0n) is 22.9. The van der Waals surface area contributed by atoms with Crippen LogP contribution in [-0.4, -0.2) is 56.1 Å². The van der Waals surface area contributed by atoms with Gasteiger partial charge >= 0.3 is 12.4 Å². The number of fused-ring (bicyclic) bond motifs is 1. The smallest absolute Gasteiger partial charge is 0.382 e. The lowest BCUT2D eigenvalue weighted by Gasteiger charge is -2.34. The van der Waals surface area contributed by atoms with E-state index in [9.17, 15) is 36.2 Å². The summed E-state index contributed by atoms with van der Waals surface area (Å²) in [7, 11) is 0. The molecule has 0 saturated carbocycles. The van der Waals surface area contributed by atoms with Crippen molar-refractivity contribution in [1.82, 2.24) is 19.7 Å². The highest BCUT2D eigenvalue weighted by molar-refractivity contribution is 5.97. The van der Waals surface area contributed by atoms with E-state index in [2.05, 4.69) is 15.3 Å². The minimum atomic E-state index is -4.96. The second-order valence-corrected chi connectivity index (χ2v) is 10.8. The highest BCUT2D eigenvalue weighted by Crippen LogP contribution is 2.49. The predicted octanol–water partition coefficient (Wildman–Crippen LogP) is 5.67. The molecule has 14 heteroatoms. The molecule has 2 aromatic heterocycles. The summed E-state index contributed by atoms with van der Waals surface area (Å²) in [5.41, 5.74) is 0.134. The van der Waals surface area contributed by atoms with Gasteiger partial charge in [-0.1, -0.05) is 60.7 Å². The Balaban J connectivity index is 1.42. The lowest BCUT2D eigenvalue weighted by atomic mass is 9.82. The van der Waals surface area contributed by atoms with E-state index >= 15 is 0 Å². The number of rotatable bonds is 5. The van der Waals surface area contributed by atoms with Gasteiger partial charge in [0.25, 0.3) is 5.91 Å². The summed E-state index contributed by atoms with van der Waals surface area (Å²) in [6, 6.07) is 17.4. The van der Waals surface area contributed by atoms with Gasteiger partial charge in [-0.2, -0.15) is 31.4 Å². The van der Waals surface area contributed by atoms with Gasteiger partial charge in [-0.3, -0.25) is 4.79 Å². The normalized spacial score (nSPS) is 19.6. The first-order valence-electron chi connectivity index (χ1n) is 13.9. The van der Waals surface area contributed by atoms with Crippen molar-refractivity contribution >= 4 is 17.5 Å². The van der Waals surface area contributed by atoms with Crippen LogP contribution < -0.4 is 10.2 Å². The van der Waals surface area contributed by atoms with Gasteiger partial charge in [0.2, 0.25) is 0 Å². The number of hydrogen-bond acceptors (Lipinski definition) is 6. The Bertz CT molecular complexity index is 1580. The Kier molecular flexibility index (Phi) is 7.56. The van der Waals surface area contributed by atoms with Crippen LogP contribution in [-0.2, 0) is 11.0 Å². The average molecular weight is 617 g/mol. The fourth-order valence-electron chi connectivity index (χ4n) is 5.99. The molecule has 0 radical (unpaired) electrons. The Morgan fingerprint density at radius 3 is 1.95 bits per heavy atom. The number of benzene rings is 2. The van der Waals surface area contributed by atoms with E-state index in [1.807, 2.05) is 36.4 Å². The zero-order valence-corrected chi connectivity index (χ0v) is 22.9. The predicted molar refractivity (Wildman–Crippen MR) is 147 cm³/mol. The number of nitrogens with one attached hydrogen (secondary N) is 1. The van der Waals surface area contributed by atoms with Crippen molar-refractivity contribution in [3.8, 4) is 0 Å². The number of amides is 1. The molecule has 6 rings (SSSR count). The van der Waals surface area contributed by atoms with Crippen molar-refractivity contribution in [2.45, 2.75) is 49.2 Å². The van der Waals surface area contributed by atoms with Gasteiger partial charge in [0, 0.05) is 24.6 Å². The van der Waals surface area contributed by atoms with Crippen molar-refractivity contribution in [1.29, 1.82) is 0 Å². The van der Waals surface area contributed by atoms with E-state index in [0.717, 1.165) is 17.3 Å². The van der Waals surface area contributed by atoms with E-state index in [0.29, 0.717) is 19.0 Å². The van der Waals surface area contributed by atoms with Crippen LogP contribution >= 0.6 is 0 Å². The van der Waals surface area contributed by atoms with Gasteiger partial charge in [0.05, 0.1) is 18.1 Å². The molecule has 4 heterocycles. The molecule has 0 aliphatic carbocycles. The third kappa shape index (κ3) is 5.49. The molecule has 2 aromatic carbocycles. The molecule has 1 amide bonds. The fraction of sp³-hybridized carbons (Fsp3) is 0.333. The second-order valence-electron chi connectivity index (χ2n) is 10.8. The Labute approximate surface area is 247 Å². The van der Waals surface area contributed by atoms with Gasteiger partial charge in [0.1, 0.15) is 29.7 Å². The average Bonchev–Trinajstić information content (AvgIpc) is 3.35. The Hall–Kier alpha value is -4.46. The molecular weight excluding hydrogens is 590 g/mol. The maximum absolute atomic E-state index is 14.6. The van der Waals surface area contributed by atoms with E-state index in [1.54, 1.807) is 29.2 Å². The number of anilines is 2. The zero-order chi connectivity index (χ0) is 31.2. The summed E-state index contributed by atoms with van der Waals surface area (Å²) in [6.07, 6.45) is -9.71. The molecular formula is C30H26F6N6O2. The van der Waals surface area contributed by atoms with Crippen LogP contribution in [0.15, 0.2) is 73.1 Å². The topological polar surface area (TPSA) is 96.2 Å². The number of nitrogens with zero attached hydrogens (tertiary/aromatic N) is 5. The van der Waals surface area contributed by atoms with Crippen LogP contribution in [0, 0.1) is 0 Å². The Morgan fingerprint density at radius 2 is 1.45 bits per heavy atom. The van der Waals surface area contributed by atoms with E-state index in [4.69, 9.17) is 5.10 Å². The molecule has 0 spiro atoms. The van der Waals surface area contributed by atoms with Crippen LogP contribution in [0.5, 0.6) is 0 Å². The number of carbonyl (C=O) groups excluding carboxylic acids is 1. The number of aliphatic hydroxyl groups excluding tert-OH is 1. The van der Waals surface area contributed by atoms with Gasteiger partial charge in [0.15, 0.2) is 5.69 Å². The molecule has 2 N–H and O–H groups in total. The van der Waals surface area contributed by atoms with Gasteiger partial charge < -0.3 is 15.3 Å². The summed E-state index contributed by atoms with van der Waals surface area (Å²) >= 11 is 0. The first-order valence-corrected chi connectivity index (χ1v) is 13.9. The van der Waals surface area contributed by atoms with Crippen LogP contribution in [0.25, 0.3) is 0 Å². The summed E-state index contributed by atoms with van der Waals surface area (Å²) in [4.78, 5) is 21.8. The highest BCUT2D eigenvalue weighted by atomic mass is 19.4. The van der Waals surface area contributed by atoms with Gasteiger partial charge in [-0.05, 0) is 24.0 Å². The molecule has 1 saturated heterocycles. The number of aromatic nitrogens is 4. The summed E-state index contributed by atoms with van der Waals surface area (Å²) < 4.78 is 83.9. The second kappa shape index (κ2) is 11.2. The lowest BCUT2D eigenvalue weighted by molar-refractivity contribution is -0.177. The monoisotopic (exact) mass is 616 g/mol. The third-order valence-electron chi connectivity index (χ3n) is 8.07. The van der Waals surface area contributed by atoms with Crippen molar-refractivity contribution in [2.24, 2.45) is 0 Å². The SMILES string of the molecule is O=C1Nc2c(c(C3CCN(c4cnc(C(F)(F)F)cn4)CC3)nn2C(c2ccccc2)c2ccccc2)[C@@H](C(F)(F)F)[C@@H]1O. The molecule has 2 atom stereocenters. The van der Waals surface area contributed by atoms with E-state index < -0.39 is 47.9 Å². The molecule has 8 nitrogen and oxygen atoms in total. The van der Waals surface area contributed by atoms with Crippen LogP contribution in [0.4, 0.5) is 38.0 Å². The van der Waals surface area contributed by atoms with Crippen molar-refractivity contribution in [3.05, 3.63) is 101 Å². The quantitative estimate of drug-likeness (QED) is 0.281. The maximum Gasteiger partial charge on any atom is 0.434 e. The van der Waals surface area contributed by atoms with E-state index in [-0.39, 0.29) is 36.0 Å². The molecule has 0 unspecified atom stereocenters. The number of alkyl halides is 6. The minimum absolute atomic E-state index is 0.108. The first kappa shape index (κ1) is 29.6. The molecule has 1 fully saturated rings. The Morgan fingerprint density at radius 1 is 0.864 bits per heavy atom. The van der Waals surface area contributed by atoms with Crippen molar-refractivity contribution in [3.63, 3.8) is 0 Å². The molecule has 4 aromatic rings. The number of piperidine rings is 1. The van der Waals surface area contributed by atoms with Crippen molar-refractivity contribution < 1.29 is 36.2 Å². The van der Waals surface area contributed by atoms with Gasteiger partial charge in [-0.15, -0.1) is 0 Å². The van der Waals surface area contributed by atoms with Crippen LogP contribution in [0.1, 0.15) is 58.8 Å². The van der Waals surface area contributed by atoms with Crippen molar-refractivity contribution in [2.75, 3.05) is 23.3 Å². The number of aliphatic hydroxyl groups is 1. The summed E-state index contributed by atoms with van der Waals surface area (Å²) in [5.74, 6) is -4.11. The summed E-state index contributed by atoms with van der Waals surface area (Å²) in [6.45, 7) is 0.525. The fourth-order valence-corrected chi connectivity index (χ4v) is 5.99. The van der Waals surface area contributed by atoms with Gasteiger partial charge in [-0.25, -0.2) is 14.6 Å². The van der Waals surface area contributed by atoms with Crippen LogP contribution in [0.3, 0.4) is 0 Å². The molecule has 0 bridgehead atoms. The van der Waals surface area contributed by atoms with E-state index in [1.165, 1.54) is 4.68 Å². The minimum Gasteiger partial charge on any atom is -0.382 e. The maximum atomic E-state index is 14.6. The largest absolute Gasteiger partial charge is 0.434 e. The standard InChI is InChI=1S/C30H26F6N6O2/c31-29(32,33)20-15-38-21(16-37-20)41-13-11-17(12-14-41)24-22-23(30(34,35)36)26(43)28(44)39-27(22)42(40-24)25(18-7-3-1-4-8-18)19-9-5-2-6-10-19/h1-10,15-17,23,25-26,43H,11-14H2,(H,39,44)/t23-,26+/m1/s1. The molecule has 230 valence electrons.